The van der Waals surface area contributed by atoms with E-state index in [-0.39, 0.29) is 5.92 Å². The number of hydrogen-bond donors (Lipinski definition) is 1. The average molecular weight is 322 g/mol. The Balaban J connectivity index is 2.21. The van der Waals surface area contributed by atoms with Crippen molar-refractivity contribution in [2.45, 2.75) is 12.3 Å². The Hall–Kier alpha value is -1.46. The number of aromatic nitrogens is 1. The van der Waals surface area contributed by atoms with Crippen molar-refractivity contribution in [1.29, 1.82) is 0 Å². The highest BCUT2D eigenvalue weighted by atomic mass is 79.9. The molecular formula is C14H12BrNO3. The van der Waals surface area contributed by atoms with Crippen LogP contribution in [-0.4, -0.2) is 29.3 Å². The van der Waals surface area contributed by atoms with E-state index in [1.165, 1.54) is 0 Å². The van der Waals surface area contributed by atoms with Gasteiger partial charge in [-0.15, -0.1) is 0 Å². The molecule has 1 atom stereocenters. The third-order valence-electron chi connectivity index (χ3n) is 3.37. The van der Waals surface area contributed by atoms with Gasteiger partial charge in [0.15, 0.2) is 0 Å². The Bertz CT molecular complexity index is 650. The van der Waals surface area contributed by atoms with E-state index in [2.05, 4.69) is 20.9 Å². The predicted octanol–water partition coefficient (Wildman–Crippen LogP) is 3.20. The second-order valence-corrected chi connectivity index (χ2v) is 5.54. The third kappa shape index (κ3) is 2.35. The van der Waals surface area contributed by atoms with E-state index in [0.29, 0.717) is 29.7 Å². The van der Waals surface area contributed by atoms with Gasteiger partial charge in [0.05, 0.1) is 17.7 Å². The first-order chi connectivity index (χ1) is 9.15. The molecule has 0 spiro atoms. The summed E-state index contributed by atoms with van der Waals surface area (Å²) in [5.41, 5.74) is 1.82. The van der Waals surface area contributed by atoms with Crippen molar-refractivity contribution in [2.24, 2.45) is 0 Å². The number of aromatic carboxylic acids is 1. The summed E-state index contributed by atoms with van der Waals surface area (Å²) in [7, 11) is 0. The largest absolute Gasteiger partial charge is 0.478 e. The molecule has 0 radical (unpaired) electrons. The van der Waals surface area contributed by atoms with Crippen molar-refractivity contribution in [2.75, 3.05) is 13.2 Å². The highest BCUT2D eigenvalue weighted by Gasteiger charge is 2.22. The van der Waals surface area contributed by atoms with E-state index in [4.69, 9.17) is 4.74 Å². The van der Waals surface area contributed by atoms with Crippen LogP contribution in [0.3, 0.4) is 0 Å². The lowest BCUT2D eigenvalue weighted by Gasteiger charge is -2.11. The van der Waals surface area contributed by atoms with Crippen LogP contribution in [0.2, 0.25) is 0 Å². The average Bonchev–Trinajstić information content (AvgIpc) is 2.91. The first-order valence-corrected chi connectivity index (χ1v) is 6.85. The number of carboxylic acid groups (broad SMARTS) is 1. The van der Waals surface area contributed by atoms with Gasteiger partial charge in [-0.25, -0.2) is 4.79 Å². The molecule has 4 nitrogen and oxygen atoms in total. The molecule has 1 N–H and O–H groups in total. The number of pyridine rings is 1. The number of halogens is 1. The monoisotopic (exact) mass is 321 g/mol. The molecule has 1 aliphatic rings. The van der Waals surface area contributed by atoms with E-state index >= 15 is 0 Å². The van der Waals surface area contributed by atoms with Gasteiger partial charge in [0, 0.05) is 28.1 Å². The van der Waals surface area contributed by atoms with Gasteiger partial charge in [0.1, 0.15) is 0 Å². The van der Waals surface area contributed by atoms with Gasteiger partial charge in [0.2, 0.25) is 0 Å². The number of fused-ring (bicyclic) bond motifs is 1. The van der Waals surface area contributed by atoms with Crippen LogP contribution >= 0.6 is 15.9 Å². The quantitative estimate of drug-likeness (QED) is 0.922. The Morgan fingerprint density at radius 2 is 2.26 bits per heavy atom. The molecule has 1 fully saturated rings. The van der Waals surface area contributed by atoms with Crippen LogP contribution < -0.4 is 0 Å². The van der Waals surface area contributed by atoms with Gasteiger partial charge in [-0.2, -0.15) is 0 Å². The first-order valence-electron chi connectivity index (χ1n) is 6.06. The topological polar surface area (TPSA) is 59.4 Å². The van der Waals surface area contributed by atoms with Crippen LogP contribution in [0.5, 0.6) is 0 Å². The maximum Gasteiger partial charge on any atom is 0.336 e. The molecule has 1 aromatic heterocycles. The summed E-state index contributed by atoms with van der Waals surface area (Å²) in [5.74, 6) is -0.725. The van der Waals surface area contributed by atoms with Crippen molar-refractivity contribution in [3.63, 3.8) is 0 Å². The zero-order valence-corrected chi connectivity index (χ0v) is 11.7. The van der Waals surface area contributed by atoms with Crippen LogP contribution in [0, 0.1) is 0 Å². The van der Waals surface area contributed by atoms with Gasteiger partial charge in [-0.05, 0) is 30.7 Å². The number of hydrogen-bond acceptors (Lipinski definition) is 3. The van der Waals surface area contributed by atoms with Crippen molar-refractivity contribution < 1.29 is 14.6 Å². The van der Waals surface area contributed by atoms with Crippen molar-refractivity contribution in [1.82, 2.24) is 4.98 Å². The van der Waals surface area contributed by atoms with E-state index in [9.17, 15) is 9.90 Å². The first kappa shape index (κ1) is 12.6. The van der Waals surface area contributed by atoms with Crippen molar-refractivity contribution >= 4 is 32.8 Å². The fourth-order valence-electron chi connectivity index (χ4n) is 2.37. The predicted molar refractivity (Wildman–Crippen MR) is 74.6 cm³/mol. The second-order valence-electron chi connectivity index (χ2n) is 4.62. The highest BCUT2D eigenvalue weighted by Crippen LogP contribution is 2.29. The summed E-state index contributed by atoms with van der Waals surface area (Å²) in [6.45, 7) is 1.33. The molecule has 0 saturated carbocycles. The molecule has 5 heteroatoms. The summed E-state index contributed by atoms with van der Waals surface area (Å²) in [4.78, 5) is 16.0. The number of carboxylic acids is 1. The Morgan fingerprint density at radius 3 is 2.95 bits per heavy atom. The smallest absolute Gasteiger partial charge is 0.336 e. The number of nitrogens with zero attached hydrogens (tertiary/aromatic N) is 1. The van der Waals surface area contributed by atoms with Crippen molar-refractivity contribution in [3.05, 3.63) is 40.0 Å². The molecule has 1 aromatic carbocycles. The highest BCUT2D eigenvalue weighted by molar-refractivity contribution is 9.10. The van der Waals surface area contributed by atoms with Crippen LogP contribution in [-0.2, 0) is 4.74 Å². The molecule has 1 unspecified atom stereocenters. The Morgan fingerprint density at radius 1 is 1.42 bits per heavy atom. The third-order valence-corrected chi connectivity index (χ3v) is 3.86. The lowest BCUT2D eigenvalue weighted by molar-refractivity contribution is 0.0698. The minimum Gasteiger partial charge on any atom is -0.478 e. The van der Waals surface area contributed by atoms with Crippen LogP contribution in [0.1, 0.15) is 28.4 Å². The zero-order chi connectivity index (χ0) is 13.4. The summed E-state index contributed by atoms with van der Waals surface area (Å²) < 4.78 is 6.20. The SMILES string of the molecule is O=C(O)c1cc(C2CCOC2)nc2ccc(Br)cc12. The van der Waals surface area contributed by atoms with Crippen LogP contribution in [0.15, 0.2) is 28.7 Å². The number of benzene rings is 1. The molecule has 0 bridgehead atoms. The molecule has 19 heavy (non-hydrogen) atoms. The number of ether oxygens (including phenoxy) is 1. The van der Waals surface area contributed by atoms with Gasteiger partial charge in [-0.3, -0.25) is 4.98 Å². The molecule has 2 heterocycles. The number of rotatable bonds is 2. The standard InChI is InChI=1S/C14H12BrNO3/c15-9-1-2-12-10(5-9)11(14(17)18)6-13(16-12)8-3-4-19-7-8/h1-2,5-6,8H,3-4,7H2,(H,17,18). The van der Waals surface area contributed by atoms with E-state index in [0.717, 1.165) is 16.6 Å². The molecule has 0 aliphatic carbocycles. The lowest BCUT2D eigenvalue weighted by atomic mass is 10.00. The van der Waals surface area contributed by atoms with E-state index in [1.807, 2.05) is 12.1 Å². The zero-order valence-electron chi connectivity index (χ0n) is 10.1. The van der Waals surface area contributed by atoms with E-state index < -0.39 is 5.97 Å². The fraction of sp³-hybridized carbons (Fsp3) is 0.286. The van der Waals surface area contributed by atoms with Gasteiger partial charge < -0.3 is 9.84 Å². The molecule has 1 saturated heterocycles. The molecule has 2 aromatic rings. The normalized spacial score (nSPS) is 18.9. The minimum atomic E-state index is -0.925. The molecule has 98 valence electrons. The minimum absolute atomic E-state index is 0.200. The summed E-state index contributed by atoms with van der Waals surface area (Å²) >= 11 is 3.36. The molecular weight excluding hydrogens is 310 g/mol. The number of carbonyl (C=O) groups is 1. The van der Waals surface area contributed by atoms with Gasteiger partial charge in [0.25, 0.3) is 0 Å². The maximum atomic E-state index is 11.4. The van der Waals surface area contributed by atoms with Gasteiger partial charge in [-0.1, -0.05) is 15.9 Å². The van der Waals surface area contributed by atoms with Crippen LogP contribution in [0.4, 0.5) is 0 Å². The van der Waals surface area contributed by atoms with Crippen molar-refractivity contribution in [3.8, 4) is 0 Å². The Kier molecular flexibility index (Phi) is 3.24. The maximum absolute atomic E-state index is 11.4. The molecule has 0 amide bonds. The summed E-state index contributed by atoms with van der Waals surface area (Å²) in [6, 6.07) is 7.18. The summed E-state index contributed by atoms with van der Waals surface area (Å²) in [6.07, 6.45) is 0.897. The van der Waals surface area contributed by atoms with Gasteiger partial charge >= 0.3 is 5.97 Å². The lowest BCUT2D eigenvalue weighted by Crippen LogP contribution is -2.06. The summed E-state index contributed by atoms with van der Waals surface area (Å²) in [5, 5.41) is 10.0. The van der Waals surface area contributed by atoms with Crippen LogP contribution in [0.25, 0.3) is 10.9 Å². The Labute approximate surface area is 118 Å². The van der Waals surface area contributed by atoms with E-state index in [1.54, 1.807) is 12.1 Å². The second kappa shape index (κ2) is 4.90. The fourth-order valence-corrected chi connectivity index (χ4v) is 2.73. The molecule has 1 aliphatic heterocycles. The molecule has 3 rings (SSSR count).